The molecule has 7 nitrogen and oxygen atoms in total. The summed E-state index contributed by atoms with van der Waals surface area (Å²) in [4.78, 5) is 12.6. The van der Waals surface area contributed by atoms with Gasteiger partial charge in [-0.25, -0.2) is 0 Å². The second kappa shape index (κ2) is 9.09. The first-order valence-corrected chi connectivity index (χ1v) is 10.5. The summed E-state index contributed by atoms with van der Waals surface area (Å²) in [7, 11) is 3.18. The van der Waals surface area contributed by atoms with Gasteiger partial charge in [-0.05, 0) is 24.3 Å². The van der Waals surface area contributed by atoms with Crippen molar-refractivity contribution in [1.82, 2.24) is 14.8 Å². The van der Waals surface area contributed by atoms with Crippen molar-refractivity contribution in [2.45, 2.75) is 11.7 Å². The van der Waals surface area contributed by atoms with Crippen LogP contribution in [0.4, 0.5) is 0 Å². The highest BCUT2D eigenvalue weighted by atomic mass is 32.2. The lowest BCUT2D eigenvalue weighted by molar-refractivity contribution is 0.102. The summed E-state index contributed by atoms with van der Waals surface area (Å²) in [6.07, 6.45) is 1.75. The number of nitrogens with zero attached hydrogens (tertiary/aromatic N) is 3. The third-order valence-electron chi connectivity index (χ3n) is 4.70. The molecule has 0 atom stereocenters. The topological polar surface area (TPSA) is 79.4 Å². The number of ether oxygens (including phenoxy) is 2. The number of thioether (sulfide) groups is 1. The van der Waals surface area contributed by atoms with Crippen molar-refractivity contribution in [3.05, 3.63) is 66.7 Å². The number of allylic oxidation sites excluding steroid dienone is 1. The summed E-state index contributed by atoms with van der Waals surface area (Å²) in [5.41, 5.74) is 1.24. The lowest BCUT2D eigenvalue weighted by Gasteiger charge is -2.06. The maximum Gasteiger partial charge on any atom is 0.200 e. The lowest BCUT2D eigenvalue weighted by Crippen LogP contribution is -2.05. The fraction of sp³-hybridized carbons (Fsp3) is 0.174. The second-order valence-electron chi connectivity index (χ2n) is 6.64. The third kappa shape index (κ3) is 4.20. The number of rotatable bonds is 9. The first-order valence-electron chi connectivity index (χ1n) is 9.55. The van der Waals surface area contributed by atoms with Gasteiger partial charge in [-0.3, -0.25) is 9.36 Å². The van der Waals surface area contributed by atoms with E-state index < -0.39 is 0 Å². The van der Waals surface area contributed by atoms with Gasteiger partial charge in [0.1, 0.15) is 5.75 Å². The molecule has 4 rings (SSSR count). The molecule has 0 amide bonds. The summed E-state index contributed by atoms with van der Waals surface area (Å²) in [5.74, 6) is 2.63. The minimum absolute atomic E-state index is 0.0212. The Morgan fingerprint density at radius 1 is 1.16 bits per heavy atom. The Kier molecular flexibility index (Phi) is 6.08. The second-order valence-corrected chi connectivity index (χ2v) is 7.58. The Morgan fingerprint density at radius 2 is 2.00 bits per heavy atom. The van der Waals surface area contributed by atoms with Crippen LogP contribution in [0.2, 0.25) is 0 Å². The quantitative estimate of drug-likeness (QED) is 0.211. The predicted molar refractivity (Wildman–Crippen MR) is 120 cm³/mol. The standard InChI is InChI=1S/C23H21N3O4S/c1-4-11-26-22(20-13-16-8-6-10-19(29-3)21(16)30-20)24-25-23(26)31-14-18(27)15-7-5-9-17(12-15)28-2/h4-10,12-13H,1,11,14H2,2-3H3. The van der Waals surface area contributed by atoms with Crippen LogP contribution in [0.15, 0.2) is 70.8 Å². The summed E-state index contributed by atoms with van der Waals surface area (Å²) in [6, 6.07) is 14.7. The Balaban J connectivity index is 1.60. The largest absolute Gasteiger partial charge is 0.497 e. The van der Waals surface area contributed by atoms with Gasteiger partial charge < -0.3 is 13.9 Å². The van der Waals surface area contributed by atoms with Gasteiger partial charge in [-0.1, -0.05) is 42.1 Å². The van der Waals surface area contributed by atoms with Gasteiger partial charge in [0.2, 0.25) is 5.82 Å². The number of fused-ring (bicyclic) bond motifs is 1. The number of hydrogen-bond acceptors (Lipinski definition) is 7. The van der Waals surface area contributed by atoms with Gasteiger partial charge >= 0.3 is 0 Å². The van der Waals surface area contributed by atoms with Gasteiger partial charge in [0.05, 0.1) is 20.0 Å². The number of aromatic nitrogens is 3. The molecule has 0 bridgehead atoms. The van der Waals surface area contributed by atoms with E-state index in [0.29, 0.717) is 45.9 Å². The van der Waals surface area contributed by atoms with E-state index in [1.54, 1.807) is 44.6 Å². The summed E-state index contributed by atoms with van der Waals surface area (Å²) in [5, 5.41) is 10.1. The zero-order valence-corrected chi connectivity index (χ0v) is 18.0. The molecule has 8 heteroatoms. The van der Waals surface area contributed by atoms with Crippen molar-refractivity contribution in [1.29, 1.82) is 0 Å². The highest BCUT2D eigenvalue weighted by Gasteiger charge is 2.19. The van der Waals surface area contributed by atoms with Crippen molar-refractivity contribution in [3.63, 3.8) is 0 Å². The minimum Gasteiger partial charge on any atom is -0.497 e. The summed E-state index contributed by atoms with van der Waals surface area (Å²) >= 11 is 1.32. The van der Waals surface area contributed by atoms with Crippen LogP contribution in [-0.4, -0.2) is 40.5 Å². The molecule has 0 aliphatic heterocycles. The Morgan fingerprint density at radius 3 is 2.77 bits per heavy atom. The SMILES string of the molecule is C=CCn1c(SCC(=O)c2cccc(OC)c2)nnc1-c1cc2cccc(OC)c2o1. The van der Waals surface area contributed by atoms with Crippen LogP contribution in [0.1, 0.15) is 10.4 Å². The molecule has 0 saturated carbocycles. The normalized spacial score (nSPS) is 10.9. The highest BCUT2D eigenvalue weighted by Crippen LogP contribution is 2.34. The molecule has 4 aromatic rings. The van der Waals surface area contributed by atoms with Gasteiger partial charge in [0.25, 0.3) is 0 Å². The van der Waals surface area contributed by atoms with Crippen molar-refractivity contribution in [2.75, 3.05) is 20.0 Å². The van der Waals surface area contributed by atoms with Crippen LogP contribution in [0.3, 0.4) is 0 Å². The Hall–Kier alpha value is -3.52. The van der Waals surface area contributed by atoms with E-state index in [1.165, 1.54) is 11.8 Å². The average Bonchev–Trinajstić information content (AvgIpc) is 3.41. The maximum absolute atomic E-state index is 12.6. The number of benzene rings is 2. The number of carbonyl (C=O) groups is 1. The summed E-state index contributed by atoms with van der Waals surface area (Å²) < 4.78 is 18.5. The van der Waals surface area contributed by atoms with Gasteiger partial charge in [0.15, 0.2) is 28.0 Å². The number of ketones is 1. The number of methoxy groups -OCH3 is 2. The van der Waals surface area contributed by atoms with E-state index in [4.69, 9.17) is 13.9 Å². The number of hydrogen-bond donors (Lipinski definition) is 0. The number of para-hydroxylation sites is 1. The lowest BCUT2D eigenvalue weighted by atomic mass is 10.1. The minimum atomic E-state index is -0.0212. The molecule has 0 unspecified atom stereocenters. The molecule has 2 aromatic heterocycles. The van der Waals surface area contributed by atoms with Crippen LogP contribution in [0.25, 0.3) is 22.6 Å². The van der Waals surface area contributed by atoms with Crippen LogP contribution in [-0.2, 0) is 6.54 Å². The Bertz CT molecular complexity index is 1240. The van der Waals surface area contributed by atoms with E-state index in [2.05, 4.69) is 16.8 Å². The smallest absolute Gasteiger partial charge is 0.200 e. The molecular formula is C23H21N3O4S. The van der Waals surface area contributed by atoms with Gasteiger partial charge in [0, 0.05) is 17.5 Å². The molecule has 0 N–H and O–H groups in total. The number of furan rings is 1. The number of Topliss-reactive ketones (excluding diaryl/α,β-unsaturated/α-hetero) is 1. The fourth-order valence-corrected chi connectivity index (χ4v) is 4.03. The van der Waals surface area contributed by atoms with E-state index in [-0.39, 0.29) is 11.5 Å². The van der Waals surface area contributed by atoms with Crippen molar-refractivity contribution in [3.8, 4) is 23.1 Å². The first-order chi connectivity index (χ1) is 15.1. The van der Waals surface area contributed by atoms with Crippen LogP contribution in [0.5, 0.6) is 11.5 Å². The van der Waals surface area contributed by atoms with Crippen molar-refractivity contribution in [2.24, 2.45) is 0 Å². The van der Waals surface area contributed by atoms with Crippen LogP contribution >= 0.6 is 11.8 Å². The Labute approximate surface area is 183 Å². The molecule has 2 aromatic carbocycles. The third-order valence-corrected chi connectivity index (χ3v) is 5.67. The van der Waals surface area contributed by atoms with Gasteiger partial charge in [-0.15, -0.1) is 16.8 Å². The molecular weight excluding hydrogens is 414 g/mol. The van der Waals surface area contributed by atoms with E-state index in [9.17, 15) is 4.79 Å². The molecule has 0 aliphatic rings. The molecule has 0 spiro atoms. The van der Waals surface area contributed by atoms with E-state index in [0.717, 1.165) is 5.39 Å². The predicted octanol–water partition coefficient (Wildman–Crippen LogP) is 4.87. The molecule has 0 aliphatic carbocycles. The van der Waals surface area contributed by atoms with Crippen LogP contribution < -0.4 is 9.47 Å². The summed E-state index contributed by atoms with van der Waals surface area (Å²) in [6.45, 7) is 4.30. The molecule has 31 heavy (non-hydrogen) atoms. The van der Waals surface area contributed by atoms with Crippen LogP contribution in [0, 0.1) is 0 Å². The zero-order chi connectivity index (χ0) is 21.8. The first kappa shape index (κ1) is 20.7. The molecule has 0 saturated heterocycles. The van der Waals surface area contributed by atoms with Crippen molar-refractivity contribution >= 4 is 28.5 Å². The van der Waals surface area contributed by atoms with Crippen molar-refractivity contribution < 1.29 is 18.7 Å². The highest BCUT2D eigenvalue weighted by molar-refractivity contribution is 7.99. The zero-order valence-electron chi connectivity index (χ0n) is 17.2. The molecule has 158 valence electrons. The number of carbonyl (C=O) groups excluding carboxylic acids is 1. The maximum atomic E-state index is 12.6. The molecule has 0 radical (unpaired) electrons. The van der Waals surface area contributed by atoms with E-state index >= 15 is 0 Å². The molecule has 0 fully saturated rings. The average molecular weight is 436 g/mol. The van der Waals surface area contributed by atoms with Gasteiger partial charge in [-0.2, -0.15) is 0 Å². The molecule has 2 heterocycles. The fourth-order valence-electron chi connectivity index (χ4n) is 3.19. The monoisotopic (exact) mass is 435 g/mol. The van der Waals surface area contributed by atoms with E-state index in [1.807, 2.05) is 28.8 Å².